The van der Waals surface area contributed by atoms with Gasteiger partial charge in [0, 0.05) is 12.6 Å². The third kappa shape index (κ3) is 3.92. The Kier molecular flexibility index (Phi) is 4.74. The molecular weight excluding hydrogens is 249 g/mol. The van der Waals surface area contributed by atoms with Crippen LogP contribution in [-0.2, 0) is 4.79 Å². The Morgan fingerprint density at radius 3 is 3.05 bits per heavy atom. The zero-order valence-electron chi connectivity index (χ0n) is 10.7. The van der Waals surface area contributed by atoms with E-state index in [0.29, 0.717) is 25.3 Å². The zero-order chi connectivity index (χ0) is 13.7. The first kappa shape index (κ1) is 13.8. The molecule has 4 nitrogen and oxygen atoms in total. The molecule has 1 unspecified atom stereocenters. The molecule has 104 valence electrons. The molecule has 1 saturated heterocycles. The number of piperidine rings is 1. The summed E-state index contributed by atoms with van der Waals surface area (Å²) in [5, 5.41) is 9.13. The molecule has 0 bridgehead atoms. The van der Waals surface area contributed by atoms with Gasteiger partial charge in [0.15, 0.2) is 0 Å². The smallest absolute Gasteiger partial charge is 0.320 e. The van der Waals surface area contributed by atoms with Crippen LogP contribution in [0.3, 0.4) is 0 Å². The fourth-order valence-corrected chi connectivity index (χ4v) is 2.38. The van der Waals surface area contributed by atoms with Gasteiger partial charge in [-0.05, 0) is 31.5 Å². The van der Waals surface area contributed by atoms with Gasteiger partial charge in [-0.25, -0.2) is 4.39 Å². The van der Waals surface area contributed by atoms with Crippen molar-refractivity contribution in [2.24, 2.45) is 0 Å². The second-order valence-corrected chi connectivity index (χ2v) is 4.69. The van der Waals surface area contributed by atoms with Gasteiger partial charge in [-0.1, -0.05) is 12.5 Å². The number of likely N-dealkylation sites (tertiary alicyclic amines) is 1. The molecule has 1 aliphatic rings. The van der Waals surface area contributed by atoms with E-state index in [9.17, 15) is 9.18 Å². The Hall–Kier alpha value is -1.62. The van der Waals surface area contributed by atoms with Gasteiger partial charge in [-0.2, -0.15) is 0 Å². The summed E-state index contributed by atoms with van der Waals surface area (Å²) in [4.78, 5) is 13.0. The number of carboxylic acid groups (broad SMARTS) is 1. The number of ether oxygens (including phenoxy) is 1. The summed E-state index contributed by atoms with van der Waals surface area (Å²) < 4.78 is 18.4. The minimum atomic E-state index is -0.773. The van der Waals surface area contributed by atoms with Crippen molar-refractivity contribution in [3.05, 3.63) is 30.1 Å². The van der Waals surface area contributed by atoms with Gasteiger partial charge in [0.1, 0.15) is 24.2 Å². The Balaban J connectivity index is 1.82. The first-order valence-electron chi connectivity index (χ1n) is 6.52. The van der Waals surface area contributed by atoms with Crippen LogP contribution in [0.2, 0.25) is 0 Å². The van der Waals surface area contributed by atoms with Crippen molar-refractivity contribution < 1.29 is 19.0 Å². The number of halogens is 1. The molecule has 0 amide bonds. The molecule has 1 aromatic rings. The molecule has 1 N–H and O–H groups in total. The van der Waals surface area contributed by atoms with Crippen molar-refractivity contribution in [1.82, 2.24) is 4.90 Å². The molecule has 0 aromatic heterocycles. The van der Waals surface area contributed by atoms with Gasteiger partial charge in [0.2, 0.25) is 0 Å². The molecule has 0 radical (unpaired) electrons. The van der Waals surface area contributed by atoms with Crippen LogP contribution in [0.15, 0.2) is 24.3 Å². The van der Waals surface area contributed by atoms with Crippen LogP contribution in [0.25, 0.3) is 0 Å². The highest BCUT2D eigenvalue weighted by molar-refractivity contribution is 5.73. The Bertz CT molecular complexity index is 438. The minimum absolute atomic E-state index is 0.334. The molecule has 1 aromatic carbocycles. The van der Waals surface area contributed by atoms with Crippen molar-refractivity contribution in [3.8, 4) is 5.75 Å². The number of hydrogen-bond donors (Lipinski definition) is 1. The number of aliphatic carboxylic acids is 1. The first-order valence-corrected chi connectivity index (χ1v) is 6.52. The first-order chi connectivity index (χ1) is 9.16. The van der Waals surface area contributed by atoms with Crippen LogP contribution in [0, 0.1) is 5.82 Å². The van der Waals surface area contributed by atoms with E-state index in [2.05, 4.69) is 0 Å². The SMILES string of the molecule is O=C(O)C1CCCCN1CCOc1cccc(F)c1. The molecule has 0 saturated carbocycles. The molecule has 1 fully saturated rings. The lowest BCUT2D eigenvalue weighted by Crippen LogP contribution is -2.46. The van der Waals surface area contributed by atoms with E-state index < -0.39 is 12.0 Å². The summed E-state index contributed by atoms with van der Waals surface area (Å²) in [6.45, 7) is 1.70. The quantitative estimate of drug-likeness (QED) is 0.888. The topological polar surface area (TPSA) is 49.8 Å². The van der Waals surface area contributed by atoms with E-state index in [1.54, 1.807) is 12.1 Å². The van der Waals surface area contributed by atoms with E-state index >= 15 is 0 Å². The molecule has 1 atom stereocenters. The van der Waals surface area contributed by atoms with E-state index in [4.69, 9.17) is 9.84 Å². The fraction of sp³-hybridized carbons (Fsp3) is 0.500. The molecule has 1 heterocycles. The van der Waals surface area contributed by atoms with Gasteiger partial charge in [0.05, 0.1) is 0 Å². The van der Waals surface area contributed by atoms with Crippen LogP contribution in [0.5, 0.6) is 5.75 Å². The number of carbonyl (C=O) groups is 1. The zero-order valence-corrected chi connectivity index (χ0v) is 10.7. The number of carboxylic acids is 1. The maximum atomic E-state index is 12.9. The highest BCUT2D eigenvalue weighted by atomic mass is 19.1. The lowest BCUT2D eigenvalue weighted by atomic mass is 10.0. The highest BCUT2D eigenvalue weighted by Gasteiger charge is 2.27. The van der Waals surface area contributed by atoms with Crippen molar-refractivity contribution in [2.75, 3.05) is 19.7 Å². The van der Waals surface area contributed by atoms with Crippen LogP contribution in [0.1, 0.15) is 19.3 Å². The van der Waals surface area contributed by atoms with E-state index in [0.717, 1.165) is 19.4 Å². The van der Waals surface area contributed by atoms with Gasteiger partial charge in [-0.15, -0.1) is 0 Å². The van der Waals surface area contributed by atoms with Crippen LogP contribution in [-0.4, -0.2) is 41.7 Å². The molecule has 19 heavy (non-hydrogen) atoms. The normalized spacial score (nSPS) is 20.2. The summed E-state index contributed by atoms with van der Waals surface area (Å²) in [7, 11) is 0. The van der Waals surface area contributed by atoms with E-state index in [1.165, 1.54) is 12.1 Å². The predicted molar refractivity (Wildman–Crippen MR) is 68.7 cm³/mol. The Morgan fingerprint density at radius 1 is 1.47 bits per heavy atom. The maximum Gasteiger partial charge on any atom is 0.320 e. The average molecular weight is 267 g/mol. The van der Waals surface area contributed by atoms with Gasteiger partial charge < -0.3 is 9.84 Å². The van der Waals surface area contributed by atoms with Crippen LogP contribution >= 0.6 is 0 Å². The standard InChI is InChI=1S/C14H18FNO3/c15-11-4-3-5-12(10-11)19-9-8-16-7-2-1-6-13(16)14(17)18/h3-5,10,13H,1-2,6-9H2,(H,17,18). The lowest BCUT2D eigenvalue weighted by molar-refractivity contribution is -0.144. The van der Waals surface area contributed by atoms with Crippen molar-refractivity contribution in [2.45, 2.75) is 25.3 Å². The Labute approximate surface area is 111 Å². The van der Waals surface area contributed by atoms with Crippen LogP contribution in [0.4, 0.5) is 4.39 Å². The average Bonchev–Trinajstić information content (AvgIpc) is 2.39. The minimum Gasteiger partial charge on any atom is -0.492 e. The highest BCUT2D eigenvalue weighted by Crippen LogP contribution is 2.17. The monoisotopic (exact) mass is 267 g/mol. The van der Waals surface area contributed by atoms with Crippen molar-refractivity contribution in [1.29, 1.82) is 0 Å². The van der Waals surface area contributed by atoms with E-state index in [-0.39, 0.29) is 5.82 Å². The molecule has 5 heteroatoms. The Morgan fingerprint density at radius 2 is 2.32 bits per heavy atom. The van der Waals surface area contributed by atoms with Gasteiger partial charge >= 0.3 is 5.97 Å². The summed E-state index contributed by atoms with van der Waals surface area (Å²) in [6.07, 6.45) is 2.66. The lowest BCUT2D eigenvalue weighted by Gasteiger charge is -2.32. The van der Waals surface area contributed by atoms with Gasteiger partial charge in [0.25, 0.3) is 0 Å². The molecule has 0 spiro atoms. The fourth-order valence-electron chi connectivity index (χ4n) is 2.38. The molecular formula is C14H18FNO3. The van der Waals surface area contributed by atoms with Crippen LogP contribution < -0.4 is 4.74 Å². The number of benzene rings is 1. The summed E-state index contributed by atoms with van der Waals surface area (Å²) in [6, 6.07) is 5.55. The predicted octanol–water partition coefficient (Wildman–Crippen LogP) is 2.14. The second kappa shape index (κ2) is 6.52. The molecule has 0 aliphatic carbocycles. The number of rotatable bonds is 5. The summed E-state index contributed by atoms with van der Waals surface area (Å²) in [5.74, 6) is -0.631. The van der Waals surface area contributed by atoms with E-state index in [1.807, 2.05) is 4.90 Å². The maximum absolute atomic E-state index is 12.9. The largest absolute Gasteiger partial charge is 0.492 e. The van der Waals surface area contributed by atoms with Crippen molar-refractivity contribution in [3.63, 3.8) is 0 Å². The third-order valence-corrected chi connectivity index (χ3v) is 3.34. The van der Waals surface area contributed by atoms with Gasteiger partial charge in [-0.3, -0.25) is 9.69 Å². The third-order valence-electron chi connectivity index (χ3n) is 3.34. The van der Waals surface area contributed by atoms with Crippen molar-refractivity contribution >= 4 is 5.97 Å². The molecule has 2 rings (SSSR count). The molecule has 1 aliphatic heterocycles. The summed E-state index contributed by atoms with van der Waals surface area (Å²) >= 11 is 0. The number of hydrogen-bond acceptors (Lipinski definition) is 3. The number of nitrogens with zero attached hydrogens (tertiary/aromatic N) is 1. The summed E-state index contributed by atoms with van der Waals surface area (Å²) in [5.41, 5.74) is 0. The second-order valence-electron chi connectivity index (χ2n) is 4.69.